The molecule has 0 aliphatic heterocycles. The molecule has 0 spiro atoms. The third kappa shape index (κ3) is 9.16. The number of hydrogen-bond donors (Lipinski definition) is 0. The number of hydrogen-bond acceptors (Lipinski definition) is 3. The molecule has 0 unspecified atom stereocenters. The quantitative estimate of drug-likeness (QED) is 0.533. The molecule has 0 saturated carbocycles. The lowest BCUT2D eigenvalue weighted by Gasteiger charge is -2.43. The van der Waals surface area contributed by atoms with Gasteiger partial charge in [-0.2, -0.15) is 0 Å². The Bertz CT molecular complexity index is 394. The average molecular weight is 355 g/mol. The SMILES string of the molecule is CC(C)(C)O[Si](CCCC1C=CC=C1)(OC(C)(C)C)OC(C)(C)C. The smallest absolute Gasteiger partial charge is 0.368 e. The van der Waals surface area contributed by atoms with Crippen molar-refractivity contribution in [2.75, 3.05) is 0 Å². The van der Waals surface area contributed by atoms with E-state index in [2.05, 4.69) is 86.6 Å². The van der Waals surface area contributed by atoms with Gasteiger partial charge in [-0.15, -0.1) is 0 Å². The Morgan fingerprint density at radius 1 is 0.708 bits per heavy atom. The van der Waals surface area contributed by atoms with Gasteiger partial charge < -0.3 is 13.3 Å². The van der Waals surface area contributed by atoms with Crippen LogP contribution in [0.15, 0.2) is 24.3 Å². The first-order valence-electron chi connectivity index (χ1n) is 9.15. The number of allylic oxidation sites excluding steroid dienone is 4. The predicted octanol–water partition coefficient (Wildman–Crippen LogP) is 5.89. The van der Waals surface area contributed by atoms with E-state index < -0.39 is 8.80 Å². The predicted molar refractivity (Wildman–Crippen MR) is 104 cm³/mol. The maximum absolute atomic E-state index is 6.50. The van der Waals surface area contributed by atoms with Gasteiger partial charge in [-0.1, -0.05) is 24.3 Å². The molecule has 0 N–H and O–H groups in total. The van der Waals surface area contributed by atoms with Crippen LogP contribution in [0.1, 0.15) is 75.2 Å². The molecule has 4 heteroatoms. The zero-order valence-electron chi connectivity index (χ0n) is 17.2. The molecule has 0 heterocycles. The highest BCUT2D eigenvalue weighted by Gasteiger charge is 2.49. The minimum atomic E-state index is -2.82. The van der Waals surface area contributed by atoms with E-state index in [4.69, 9.17) is 13.3 Å². The van der Waals surface area contributed by atoms with Crippen molar-refractivity contribution in [3.8, 4) is 0 Å². The Morgan fingerprint density at radius 3 is 1.42 bits per heavy atom. The van der Waals surface area contributed by atoms with Gasteiger partial charge in [0.15, 0.2) is 0 Å². The van der Waals surface area contributed by atoms with Crippen LogP contribution >= 0.6 is 0 Å². The van der Waals surface area contributed by atoms with Crippen LogP contribution in [0.5, 0.6) is 0 Å². The van der Waals surface area contributed by atoms with Crippen LogP contribution in [0.2, 0.25) is 6.04 Å². The fraction of sp³-hybridized carbons (Fsp3) is 0.800. The summed E-state index contributed by atoms with van der Waals surface area (Å²) in [5.74, 6) is 0.538. The van der Waals surface area contributed by atoms with Gasteiger partial charge in [0.1, 0.15) is 0 Å². The van der Waals surface area contributed by atoms with Gasteiger partial charge in [0.25, 0.3) is 0 Å². The molecule has 0 aromatic carbocycles. The van der Waals surface area contributed by atoms with E-state index in [0.29, 0.717) is 5.92 Å². The summed E-state index contributed by atoms with van der Waals surface area (Å²) in [5, 5.41) is 0. The van der Waals surface area contributed by atoms with Gasteiger partial charge in [0, 0.05) is 6.04 Å². The lowest BCUT2D eigenvalue weighted by Crippen LogP contribution is -2.57. The molecule has 140 valence electrons. The molecule has 24 heavy (non-hydrogen) atoms. The van der Waals surface area contributed by atoms with Crippen molar-refractivity contribution in [2.24, 2.45) is 5.92 Å². The van der Waals surface area contributed by atoms with Crippen molar-refractivity contribution in [2.45, 2.75) is 98.0 Å². The van der Waals surface area contributed by atoms with Crippen molar-refractivity contribution in [1.82, 2.24) is 0 Å². The summed E-state index contributed by atoms with van der Waals surface area (Å²) in [6.07, 6.45) is 10.9. The molecule has 0 aromatic rings. The number of rotatable bonds is 7. The van der Waals surface area contributed by atoms with Crippen LogP contribution in [0.3, 0.4) is 0 Å². The van der Waals surface area contributed by atoms with Crippen molar-refractivity contribution in [3.05, 3.63) is 24.3 Å². The molecule has 0 bridgehead atoms. The van der Waals surface area contributed by atoms with E-state index in [1.54, 1.807) is 0 Å². The lowest BCUT2D eigenvalue weighted by molar-refractivity contribution is -0.0755. The maximum atomic E-state index is 6.50. The van der Waals surface area contributed by atoms with Crippen LogP contribution in [0.4, 0.5) is 0 Å². The fourth-order valence-corrected chi connectivity index (χ4v) is 6.71. The second kappa shape index (κ2) is 7.86. The first-order valence-corrected chi connectivity index (χ1v) is 11.1. The molecule has 0 atom stereocenters. The summed E-state index contributed by atoms with van der Waals surface area (Å²) in [4.78, 5) is 0. The Balaban J connectivity index is 2.93. The first kappa shape index (κ1) is 21.6. The molecule has 1 rings (SSSR count). The van der Waals surface area contributed by atoms with Crippen molar-refractivity contribution in [3.63, 3.8) is 0 Å². The van der Waals surface area contributed by atoms with E-state index >= 15 is 0 Å². The van der Waals surface area contributed by atoms with Gasteiger partial charge in [0.05, 0.1) is 16.8 Å². The molecule has 1 aliphatic rings. The van der Waals surface area contributed by atoms with Crippen molar-refractivity contribution < 1.29 is 13.3 Å². The van der Waals surface area contributed by atoms with E-state index in [9.17, 15) is 0 Å². The van der Waals surface area contributed by atoms with E-state index in [1.807, 2.05) is 0 Å². The van der Waals surface area contributed by atoms with Crippen LogP contribution in [-0.4, -0.2) is 25.6 Å². The lowest BCUT2D eigenvalue weighted by atomic mass is 10.1. The summed E-state index contributed by atoms with van der Waals surface area (Å²) < 4.78 is 19.5. The van der Waals surface area contributed by atoms with Gasteiger partial charge >= 0.3 is 8.80 Å². The molecular formula is C20H38O3Si. The molecular weight excluding hydrogens is 316 g/mol. The maximum Gasteiger partial charge on any atom is 0.502 e. The summed E-state index contributed by atoms with van der Waals surface area (Å²) in [7, 11) is -2.82. The van der Waals surface area contributed by atoms with Crippen LogP contribution in [0.25, 0.3) is 0 Å². The van der Waals surface area contributed by atoms with Crippen LogP contribution < -0.4 is 0 Å². The third-order valence-corrected chi connectivity index (χ3v) is 6.97. The highest BCUT2D eigenvalue weighted by Crippen LogP contribution is 2.33. The second-order valence-electron chi connectivity index (χ2n) is 9.65. The molecule has 0 amide bonds. The summed E-state index contributed by atoms with van der Waals surface area (Å²) in [6.45, 7) is 18.7. The highest BCUT2D eigenvalue weighted by molar-refractivity contribution is 6.61. The summed E-state index contributed by atoms with van der Waals surface area (Å²) >= 11 is 0. The Morgan fingerprint density at radius 2 is 1.08 bits per heavy atom. The Kier molecular flexibility index (Phi) is 7.08. The first-order chi connectivity index (χ1) is 10.7. The molecule has 0 fully saturated rings. The van der Waals surface area contributed by atoms with Crippen LogP contribution in [-0.2, 0) is 13.3 Å². The molecule has 0 radical (unpaired) electrons. The third-order valence-electron chi connectivity index (χ3n) is 3.23. The van der Waals surface area contributed by atoms with Crippen LogP contribution in [0, 0.1) is 5.92 Å². The van der Waals surface area contributed by atoms with Gasteiger partial charge in [-0.3, -0.25) is 0 Å². The minimum absolute atomic E-state index is 0.296. The Hall–Kier alpha value is -0.423. The fourth-order valence-electron chi connectivity index (χ4n) is 2.84. The molecule has 1 aliphatic carbocycles. The van der Waals surface area contributed by atoms with Gasteiger partial charge in [-0.25, -0.2) is 0 Å². The normalized spacial score (nSPS) is 17.0. The Labute approximate surface area is 150 Å². The van der Waals surface area contributed by atoms with E-state index in [1.165, 1.54) is 0 Å². The second-order valence-corrected chi connectivity index (χ2v) is 12.1. The largest absolute Gasteiger partial charge is 0.502 e. The van der Waals surface area contributed by atoms with Gasteiger partial charge in [0.2, 0.25) is 0 Å². The molecule has 0 aromatic heterocycles. The monoisotopic (exact) mass is 354 g/mol. The van der Waals surface area contributed by atoms with Crippen molar-refractivity contribution >= 4 is 8.80 Å². The molecule has 3 nitrogen and oxygen atoms in total. The topological polar surface area (TPSA) is 27.7 Å². The van der Waals surface area contributed by atoms with Crippen molar-refractivity contribution in [1.29, 1.82) is 0 Å². The molecule has 0 saturated heterocycles. The van der Waals surface area contributed by atoms with Gasteiger partial charge in [-0.05, 0) is 81.1 Å². The highest BCUT2D eigenvalue weighted by atomic mass is 28.4. The minimum Gasteiger partial charge on any atom is -0.368 e. The summed E-state index contributed by atoms with van der Waals surface area (Å²) in [5.41, 5.74) is -0.887. The summed E-state index contributed by atoms with van der Waals surface area (Å²) in [6, 6.07) is 0.844. The zero-order valence-corrected chi connectivity index (χ0v) is 18.2. The van der Waals surface area contributed by atoms with E-state index in [0.717, 1.165) is 18.9 Å². The average Bonchev–Trinajstić information content (AvgIpc) is 2.73. The standard InChI is InChI=1S/C20H38O3Si/c1-18(2,3)21-24(22-19(4,5)6,23-20(7,8)9)16-12-15-17-13-10-11-14-17/h10-11,13-14,17H,12,15-16H2,1-9H3. The van der Waals surface area contributed by atoms with E-state index in [-0.39, 0.29) is 16.8 Å². The zero-order chi connectivity index (χ0) is 18.6.